The molecule has 0 radical (unpaired) electrons. The lowest BCUT2D eigenvalue weighted by Crippen LogP contribution is -1.91. The molecule has 3 nitrogen and oxygen atoms in total. The fraction of sp³-hybridized carbons (Fsp3) is 0.0769. The Kier molecular flexibility index (Phi) is 3.03. The molecule has 3 aromatic rings. The van der Waals surface area contributed by atoms with E-state index in [1.807, 2.05) is 6.92 Å². The zero-order valence-corrected chi connectivity index (χ0v) is 12.2. The van der Waals surface area contributed by atoms with Crippen LogP contribution in [0.15, 0.2) is 29.0 Å². The Labute approximate surface area is 122 Å². The second-order valence-electron chi connectivity index (χ2n) is 4.18. The van der Waals surface area contributed by atoms with Gasteiger partial charge >= 0.3 is 0 Å². The first-order chi connectivity index (χ1) is 9.06. The molecule has 0 saturated carbocycles. The van der Waals surface area contributed by atoms with Crippen molar-refractivity contribution >= 4 is 38.4 Å². The number of halogens is 3. The molecule has 1 aromatic carbocycles. The summed E-state index contributed by atoms with van der Waals surface area (Å²) in [6, 6.07) is 3.17. The van der Waals surface area contributed by atoms with Crippen LogP contribution in [-0.4, -0.2) is 15.0 Å². The number of aryl methyl sites for hydroxylation is 1. The third-order valence-corrected chi connectivity index (χ3v) is 3.71. The van der Waals surface area contributed by atoms with Crippen LogP contribution in [0.25, 0.3) is 22.2 Å². The minimum atomic E-state index is -0.314. The van der Waals surface area contributed by atoms with E-state index in [1.54, 1.807) is 18.5 Å². The molecular formula is C13H8BrClFN3. The predicted molar refractivity (Wildman–Crippen MR) is 76.7 cm³/mol. The van der Waals surface area contributed by atoms with Gasteiger partial charge in [-0.2, -0.15) is 0 Å². The first-order valence-electron chi connectivity index (χ1n) is 5.52. The minimum absolute atomic E-state index is 0.174. The van der Waals surface area contributed by atoms with E-state index < -0.39 is 0 Å². The second kappa shape index (κ2) is 4.58. The number of rotatable bonds is 1. The molecule has 19 heavy (non-hydrogen) atoms. The normalized spacial score (nSPS) is 11.2. The van der Waals surface area contributed by atoms with E-state index in [9.17, 15) is 4.39 Å². The number of nitrogens with one attached hydrogen (secondary N) is 1. The van der Waals surface area contributed by atoms with Gasteiger partial charge in [0.1, 0.15) is 5.82 Å². The van der Waals surface area contributed by atoms with Crippen molar-refractivity contribution in [2.24, 2.45) is 0 Å². The van der Waals surface area contributed by atoms with Crippen molar-refractivity contribution in [3.05, 3.63) is 45.7 Å². The van der Waals surface area contributed by atoms with Gasteiger partial charge in [0, 0.05) is 28.9 Å². The summed E-state index contributed by atoms with van der Waals surface area (Å²) in [5.41, 5.74) is 3.22. The van der Waals surface area contributed by atoms with Gasteiger partial charge in [0.05, 0.1) is 10.2 Å². The quantitative estimate of drug-likeness (QED) is 0.663. The first-order valence-corrected chi connectivity index (χ1v) is 6.69. The summed E-state index contributed by atoms with van der Waals surface area (Å²) in [5.74, 6) is -0.314. The lowest BCUT2D eigenvalue weighted by atomic mass is 10.1. The largest absolute Gasteiger partial charge is 0.360 e. The monoisotopic (exact) mass is 339 g/mol. The Bertz CT molecular complexity index is 785. The average molecular weight is 341 g/mol. The Balaban J connectivity index is 2.31. The van der Waals surface area contributed by atoms with E-state index in [-0.39, 0.29) is 11.1 Å². The van der Waals surface area contributed by atoms with Gasteiger partial charge in [0.2, 0.25) is 5.28 Å². The Morgan fingerprint density at radius 1 is 1.37 bits per heavy atom. The van der Waals surface area contributed by atoms with Gasteiger partial charge in [-0.25, -0.2) is 14.4 Å². The highest BCUT2D eigenvalue weighted by Gasteiger charge is 2.13. The number of benzene rings is 1. The fourth-order valence-electron chi connectivity index (χ4n) is 2.01. The van der Waals surface area contributed by atoms with Crippen LogP contribution in [0.4, 0.5) is 4.39 Å². The van der Waals surface area contributed by atoms with Gasteiger partial charge < -0.3 is 4.98 Å². The molecule has 0 bridgehead atoms. The molecule has 96 valence electrons. The van der Waals surface area contributed by atoms with Crippen molar-refractivity contribution in [1.82, 2.24) is 15.0 Å². The number of H-pyrrole nitrogens is 1. The first kappa shape index (κ1) is 12.6. The summed E-state index contributed by atoms with van der Waals surface area (Å²) in [6.45, 7) is 1.89. The summed E-state index contributed by atoms with van der Waals surface area (Å²) in [5, 5.41) is 0.936. The molecule has 2 heterocycles. The summed E-state index contributed by atoms with van der Waals surface area (Å²) in [7, 11) is 0. The molecule has 3 rings (SSSR count). The van der Waals surface area contributed by atoms with Gasteiger partial charge in [-0.05, 0) is 52.2 Å². The number of nitrogens with zero attached hydrogens (tertiary/aromatic N) is 2. The van der Waals surface area contributed by atoms with Crippen molar-refractivity contribution in [2.75, 3.05) is 0 Å². The minimum Gasteiger partial charge on any atom is -0.360 e. The van der Waals surface area contributed by atoms with E-state index in [2.05, 4.69) is 30.9 Å². The van der Waals surface area contributed by atoms with Gasteiger partial charge in [0.15, 0.2) is 0 Å². The molecule has 1 N–H and O–H groups in total. The maximum Gasteiger partial charge on any atom is 0.222 e. The van der Waals surface area contributed by atoms with Crippen LogP contribution in [0.3, 0.4) is 0 Å². The van der Waals surface area contributed by atoms with Crippen molar-refractivity contribution in [1.29, 1.82) is 0 Å². The van der Waals surface area contributed by atoms with Gasteiger partial charge in [0.25, 0.3) is 0 Å². The summed E-state index contributed by atoms with van der Waals surface area (Å²) >= 11 is 8.99. The van der Waals surface area contributed by atoms with Gasteiger partial charge in [-0.15, -0.1) is 0 Å². The van der Waals surface area contributed by atoms with Crippen LogP contribution in [0, 0.1) is 12.7 Å². The predicted octanol–water partition coefficient (Wildman–Crippen LogP) is 4.49. The van der Waals surface area contributed by atoms with Gasteiger partial charge in [-0.3, -0.25) is 0 Å². The molecule has 0 aliphatic carbocycles. The van der Waals surface area contributed by atoms with Crippen LogP contribution in [-0.2, 0) is 0 Å². The van der Waals surface area contributed by atoms with Crippen LogP contribution in [0.2, 0.25) is 5.28 Å². The molecular weight excluding hydrogens is 333 g/mol. The third-order valence-electron chi connectivity index (χ3n) is 2.92. The highest BCUT2D eigenvalue weighted by Crippen LogP contribution is 2.32. The number of hydrogen-bond acceptors (Lipinski definition) is 2. The standard InChI is InChI=1S/C13H8BrClFN3/c1-6-4-18-13(15)19-12(6)8-5-17-11-3-9(14)10(16)2-7(8)11/h2-5,17H,1H3. The Hall–Kier alpha value is -1.46. The van der Waals surface area contributed by atoms with Gasteiger partial charge in [-0.1, -0.05) is 0 Å². The van der Waals surface area contributed by atoms with E-state index in [4.69, 9.17) is 11.6 Å². The number of aromatic nitrogens is 3. The zero-order chi connectivity index (χ0) is 13.6. The molecule has 0 fully saturated rings. The van der Waals surface area contributed by atoms with Crippen molar-refractivity contribution in [2.45, 2.75) is 6.92 Å². The smallest absolute Gasteiger partial charge is 0.222 e. The van der Waals surface area contributed by atoms with E-state index in [0.29, 0.717) is 10.2 Å². The lowest BCUT2D eigenvalue weighted by Gasteiger charge is -2.04. The molecule has 0 aliphatic heterocycles. The van der Waals surface area contributed by atoms with Crippen LogP contribution >= 0.6 is 27.5 Å². The molecule has 0 amide bonds. The van der Waals surface area contributed by atoms with E-state index in [1.165, 1.54) is 6.07 Å². The lowest BCUT2D eigenvalue weighted by molar-refractivity contribution is 0.623. The maximum atomic E-state index is 13.7. The van der Waals surface area contributed by atoms with Crippen molar-refractivity contribution in [3.8, 4) is 11.3 Å². The highest BCUT2D eigenvalue weighted by atomic mass is 79.9. The second-order valence-corrected chi connectivity index (χ2v) is 5.38. The zero-order valence-electron chi connectivity index (χ0n) is 9.84. The number of fused-ring (bicyclic) bond motifs is 1. The fourth-order valence-corrected chi connectivity index (χ4v) is 2.48. The number of hydrogen-bond donors (Lipinski definition) is 1. The van der Waals surface area contributed by atoms with E-state index >= 15 is 0 Å². The molecule has 6 heteroatoms. The molecule has 0 aliphatic rings. The third kappa shape index (κ3) is 2.13. The summed E-state index contributed by atoms with van der Waals surface area (Å²) in [4.78, 5) is 11.2. The van der Waals surface area contributed by atoms with Crippen LogP contribution in [0.5, 0.6) is 0 Å². The molecule has 0 spiro atoms. The van der Waals surface area contributed by atoms with Crippen molar-refractivity contribution < 1.29 is 4.39 Å². The highest BCUT2D eigenvalue weighted by molar-refractivity contribution is 9.10. The molecule has 0 saturated heterocycles. The van der Waals surface area contributed by atoms with Crippen LogP contribution in [0.1, 0.15) is 5.56 Å². The number of aromatic amines is 1. The Morgan fingerprint density at radius 2 is 2.16 bits per heavy atom. The summed E-state index contributed by atoms with van der Waals surface area (Å²) in [6.07, 6.45) is 3.45. The van der Waals surface area contributed by atoms with E-state index in [0.717, 1.165) is 22.0 Å². The van der Waals surface area contributed by atoms with Crippen molar-refractivity contribution in [3.63, 3.8) is 0 Å². The van der Waals surface area contributed by atoms with Crippen LogP contribution < -0.4 is 0 Å². The summed E-state index contributed by atoms with van der Waals surface area (Å²) < 4.78 is 14.1. The molecule has 0 unspecified atom stereocenters. The molecule has 0 atom stereocenters. The SMILES string of the molecule is Cc1cnc(Cl)nc1-c1c[nH]c2cc(Br)c(F)cc12. The topological polar surface area (TPSA) is 41.6 Å². The maximum absolute atomic E-state index is 13.7. The molecule has 2 aromatic heterocycles. The average Bonchev–Trinajstić information content (AvgIpc) is 2.76. The Morgan fingerprint density at radius 3 is 2.95 bits per heavy atom.